The van der Waals surface area contributed by atoms with Crippen molar-refractivity contribution < 1.29 is 14.4 Å². The van der Waals surface area contributed by atoms with Crippen LogP contribution in [0.4, 0.5) is 0 Å². The number of oxime groups is 1. The van der Waals surface area contributed by atoms with Crippen molar-refractivity contribution in [1.82, 2.24) is 0 Å². The third-order valence-electron chi connectivity index (χ3n) is 2.53. The van der Waals surface area contributed by atoms with Crippen molar-refractivity contribution in [2.45, 2.75) is 38.9 Å². The van der Waals surface area contributed by atoms with Gasteiger partial charge >= 0.3 is 5.97 Å². The number of hydrogen-bond donors (Lipinski definition) is 0. The largest absolute Gasteiger partial charge is 0.462 e. The molecule has 0 aromatic carbocycles. The minimum absolute atomic E-state index is 0.0415. The Labute approximate surface area is 76.9 Å². The molecule has 0 amide bonds. The highest BCUT2D eigenvalue weighted by Crippen LogP contribution is 2.30. The van der Waals surface area contributed by atoms with Gasteiger partial charge in [-0.25, -0.2) is 0 Å². The lowest BCUT2D eigenvalue weighted by Gasteiger charge is -2.27. The molecule has 2 rings (SSSR count). The van der Waals surface area contributed by atoms with Gasteiger partial charge in [-0.1, -0.05) is 12.1 Å². The molecule has 0 spiro atoms. The van der Waals surface area contributed by atoms with Crippen LogP contribution in [0.3, 0.4) is 0 Å². The zero-order chi connectivity index (χ0) is 9.42. The number of nitrogens with zero attached hydrogens (tertiary/aromatic N) is 1. The molecule has 13 heavy (non-hydrogen) atoms. The predicted molar refractivity (Wildman–Crippen MR) is 46.3 cm³/mol. The lowest BCUT2D eigenvalue weighted by molar-refractivity contribution is -0.164. The number of hydrogen-bond acceptors (Lipinski definition) is 4. The molecule has 0 bridgehead atoms. The zero-order valence-corrected chi connectivity index (χ0v) is 7.82. The Morgan fingerprint density at radius 2 is 2.38 bits per heavy atom. The van der Waals surface area contributed by atoms with Gasteiger partial charge in [-0.15, -0.1) is 0 Å². The van der Waals surface area contributed by atoms with Gasteiger partial charge in [0.15, 0.2) is 0 Å². The molecule has 0 N–H and O–H groups in total. The standard InChI is InChI=1S/C9H13NO3/c1-3-6-8-7(13-10-6)4-5(2)12-9(8)11/h5,7-8H,3-4H2,1-2H3/t5-,7-,8?/m1/s1. The van der Waals surface area contributed by atoms with Crippen molar-refractivity contribution in [3.8, 4) is 0 Å². The molecule has 0 saturated carbocycles. The molecular formula is C9H13NO3. The number of carbonyl (C=O) groups is 1. The molecule has 1 saturated heterocycles. The molecule has 1 fully saturated rings. The third kappa shape index (κ3) is 1.30. The van der Waals surface area contributed by atoms with Gasteiger partial charge in [-0.3, -0.25) is 4.79 Å². The maximum absolute atomic E-state index is 11.5. The van der Waals surface area contributed by atoms with Crippen LogP contribution in [0.2, 0.25) is 0 Å². The van der Waals surface area contributed by atoms with E-state index in [1.165, 1.54) is 0 Å². The third-order valence-corrected chi connectivity index (χ3v) is 2.53. The lowest BCUT2D eigenvalue weighted by Crippen LogP contribution is -2.41. The molecule has 4 nitrogen and oxygen atoms in total. The van der Waals surface area contributed by atoms with Gasteiger partial charge in [0, 0.05) is 6.42 Å². The average molecular weight is 183 g/mol. The number of ether oxygens (including phenoxy) is 1. The molecule has 0 aromatic heterocycles. The topological polar surface area (TPSA) is 47.9 Å². The van der Waals surface area contributed by atoms with Gasteiger partial charge in [0.05, 0.1) is 5.71 Å². The molecular weight excluding hydrogens is 170 g/mol. The molecule has 2 aliphatic heterocycles. The number of esters is 1. The van der Waals surface area contributed by atoms with E-state index in [0.717, 1.165) is 18.6 Å². The van der Waals surface area contributed by atoms with E-state index in [9.17, 15) is 4.79 Å². The van der Waals surface area contributed by atoms with E-state index in [-0.39, 0.29) is 24.1 Å². The summed E-state index contributed by atoms with van der Waals surface area (Å²) in [6, 6.07) is 0. The molecule has 3 atom stereocenters. The van der Waals surface area contributed by atoms with Crippen molar-refractivity contribution in [2.75, 3.05) is 0 Å². The summed E-state index contributed by atoms with van der Waals surface area (Å²) in [6.07, 6.45) is 1.39. The summed E-state index contributed by atoms with van der Waals surface area (Å²) >= 11 is 0. The van der Waals surface area contributed by atoms with Crippen molar-refractivity contribution in [2.24, 2.45) is 11.1 Å². The fourth-order valence-corrected chi connectivity index (χ4v) is 1.87. The van der Waals surface area contributed by atoms with Gasteiger partial charge in [-0.05, 0) is 13.3 Å². The first-order valence-corrected chi connectivity index (χ1v) is 4.65. The maximum Gasteiger partial charge on any atom is 0.319 e. The van der Waals surface area contributed by atoms with Crippen molar-refractivity contribution in [3.63, 3.8) is 0 Å². The normalized spacial score (nSPS) is 37.5. The second-order valence-corrected chi connectivity index (χ2v) is 3.54. The summed E-state index contributed by atoms with van der Waals surface area (Å²) < 4.78 is 5.13. The highest BCUT2D eigenvalue weighted by Gasteiger charge is 2.45. The van der Waals surface area contributed by atoms with Crippen molar-refractivity contribution in [1.29, 1.82) is 0 Å². The molecule has 0 aliphatic carbocycles. The average Bonchev–Trinajstić information content (AvgIpc) is 2.47. The highest BCUT2D eigenvalue weighted by molar-refractivity contribution is 6.03. The fourth-order valence-electron chi connectivity index (χ4n) is 1.87. The van der Waals surface area contributed by atoms with Crippen LogP contribution in [-0.2, 0) is 14.4 Å². The Bertz CT molecular complexity index is 262. The van der Waals surface area contributed by atoms with Crippen molar-refractivity contribution in [3.05, 3.63) is 0 Å². The lowest BCUT2D eigenvalue weighted by atomic mass is 9.90. The molecule has 1 unspecified atom stereocenters. The first-order chi connectivity index (χ1) is 6.22. The second kappa shape index (κ2) is 3.01. The first kappa shape index (κ1) is 8.53. The van der Waals surface area contributed by atoms with Crippen molar-refractivity contribution >= 4 is 11.7 Å². The summed E-state index contributed by atoms with van der Waals surface area (Å²) in [5.41, 5.74) is 0.821. The quantitative estimate of drug-likeness (QED) is 0.572. The van der Waals surface area contributed by atoms with Crippen LogP contribution < -0.4 is 0 Å². The molecule has 0 radical (unpaired) electrons. The van der Waals surface area contributed by atoms with Crippen LogP contribution in [0.25, 0.3) is 0 Å². The van der Waals surface area contributed by atoms with Crippen LogP contribution in [0.15, 0.2) is 5.16 Å². The summed E-state index contributed by atoms with van der Waals surface area (Å²) in [7, 11) is 0. The van der Waals surface area contributed by atoms with E-state index in [0.29, 0.717) is 0 Å². The number of cyclic esters (lactones) is 1. The molecule has 4 heteroatoms. The number of carbonyl (C=O) groups excluding carboxylic acids is 1. The van der Waals surface area contributed by atoms with Crippen LogP contribution in [0.5, 0.6) is 0 Å². The van der Waals surface area contributed by atoms with Crippen LogP contribution in [-0.4, -0.2) is 23.9 Å². The van der Waals surface area contributed by atoms with Crippen LogP contribution in [0.1, 0.15) is 26.7 Å². The predicted octanol–water partition coefficient (Wildman–Crippen LogP) is 1.10. The highest BCUT2D eigenvalue weighted by atomic mass is 16.7. The summed E-state index contributed by atoms with van der Waals surface area (Å²) in [4.78, 5) is 16.7. The Morgan fingerprint density at radius 1 is 1.62 bits per heavy atom. The smallest absolute Gasteiger partial charge is 0.319 e. The first-order valence-electron chi connectivity index (χ1n) is 4.65. The monoisotopic (exact) mass is 183 g/mol. The van der Waals surface area contributed by atoms with Gasteiger partial charge in [0.2, 0.25) is 0 Å². The maximum atomic E-state index is 11.5. The van der Waals surface area contributed by atoms with E-state index in [1.54, 1.807) is 0 Å². The summed E-state index contributed by atoms with van der Waals surface area (Å²) in [6.45, 7) is 3.84. The number of fused-ring (bicyclic) bond motifs is 1. The minimum atomic E-state index is -0.235. The van der Waals surface area contributed by atoms with E-state index in [4.69, 9.17) is 9.57 Å². The molecule has 0 aromatic rings. The van der Waals surface area contributed by atoms with Gasteiger partial charge < -0.3 is 9.57 Å². The molecule has 2 aliphatic rings. The Balaban J connectivity index is 2.17. The summed E-state index contributed by atoms with van der Waals surface area (Å²) in [5.74, 6) is -0.414. The SMILES string of the molecule is CCC1=NO[C@@H]2C[C@@H](C)OC(=O)C12. The van der Waals surface area contributed by atoms with Gasteiger partial charge in [0.1, 0.15) is 18.1 Å². The summed E-state index contributed by atoms with van der Waals surface area (Å²) in [5, 5.41) is 3.90. The minimum Gasteiger partial charge on any atom is -0.462 e. The second-order valence-electron chi connectivity index (χ2n) is 3.54. The van der Waals surface area contributed by atoms with E-state index in [2.05, 4.69) is 5.16 Å². The Morgan fingerprint density at radius 3 is 3.08 bits per heavy atom. The van der Waals surface area contributed by atoms with Crippen LogP contribution in [0, 0.1) is 5.92 Å². The van der Waals surface area contributed by atoms with Gasteiger partial charge in [0.25, 0.3) is 0 Å². The van der Waals surface area contributed by atoms with E-state index < -0.39 is 0 Å². The Hall–Kier alpha value is -1.06. The van der Waals surface area contributed by atoms with Crippen LogP contribution >= 0.6 is 0 Å². The fraction of sp³-hybridized carbons (Fsp3) is 0.778. The molecule has 72 valence electrons. The van der Waals surface area contributed by atoms with E-state index in [1.807, 2.05) is 13.8 Å². The molecule has 2 heterocycles. The number of rotatable bonds is 1. The Kier molecular flexibility index (Phi) is 1.98. The van der Waals surface area contributed by atoms with Gasteiger partial charge in [-0.2, -0.15) is 0 Å². The van der Waals surface area contributed by atoms with E-state index >= 15 is 0 Å². The zero-order valence-electron chi connectivity index (χ0n) is 7.82.